The van der Waals surface area contributed by atoms with Crippen LogP contribution in [0.1, 0.15) is 34.3 Å². The third kappa shape index (κ3) is 4.49. The molecule has 0 spiro atoms. The second kappa shape index (κ2) is 9.60. The average Bonchev–Trinajstić information content (AvgIpc) is 3.34. The fourth-order valence-electron chi connectivity index (χ4n) is 4.22. The Morgan fingerprint density at radius 1 is 1.18 bits per heavy atom. The number of ether oxygens (including phenoxy) is 2. The molecule has 5 rings (SSSR count). The van der Waals surface area contributed by atoms with Crippen molar-refractivity contribution in [2.24, 2.45) is 0 Å². The number of amides is 1. The van der Waals surface area contributed by atoms with Crippen LogP contribution in [0.3, 0.4) is 0 Å². The number of hydrogen-bond donors (Lipinski definition) is 3. The third-order valence-corrected chi connectivity index (χ3v) is 6.00. The highest BCUT2D eigenvalue weighted by Gasteiger charge is 2.24. The third-order valence-electron chi connectivity index (χ3n) is 6.00. The summed E-state index contributed by atoms with van der Waals surface area (Å²) < 4.78 is 26.3. The molecule has 1 aromatic carbocycles. The van der Waals surface area contributed by atoms with Gasteiger partial charge in [-0.2, -0.15) is 0 Å². The quantitative estimate of drug-likeness (QED) is 0.509. The van der Waals surface area contributed by atoms with E-state index >= 15 is 4.39 Å². The fourth-order valence-corrected chi connectivity index (χ4v) is 4.22. The van der Waals surface area contributed by atoms with Crippen LogP contribution in [0.15, 0.2) is 36.7 Å². The van der Waals surface area contributed by atoms with E-state index in [0.717, 1.165) is 24.0 Å². The lowest BCUT2D eigenvalue weighted by Gasteiger charge is -2.23. The van der Waals surface area contributed by atoms with E-state index in [1.54, 1.807) is 30.6 Å². The van der Waals surface area contributed by atoms with Crippen LogP contribution >= 0.6 is 0 Å². The van der Waals surface area contributed by atoms with Crippen LogP contribution in [-0.2, 0) is 17.7 Å². The summed E-state index contributed by atoms with van der Waals surface area (Å²) in [6, 6.07) is 6.58. The van der Waals surface area contributed by atoms with Gasteiger partial charge in [-0.3, -0.25) is 4.79 Å². The number of rotatable bonds is 6. The first kappa shape index (κ1) is 22.0. The van der Waals surface area contributed by atoms with Crippen LogP contribution in [0, 0.1) is 5.82 Å². The number of nitrogens with zero attached hydrogens (tertiary/aromatic N) is 3. The van der Waals surface area contributed by atoms with Crippen LogP contribution in [0.25, 0.3) is 11.3 Å². The molecule has 4 N–H and O–H groups in total. The van der Waals surface area contributed by atoms with E-state index in [4.69, 9.17) is 15.2 Å². The molecule has 0 aliphatic carbocycles. The first-order valence-corrected chi connectivity index (χ1v) is 11.2. The number of carbonyl (C=O) groups is 1. The maximum absolute atomic E-state index is 15.2. The molecule has 0 atom stereocenters. The smallest absolute Gasteiger partial charge is 0.254 e. The first-order chi connectivity index (χ1) is 16.6. The number of pyridine rings is 1. The molecule has 9 nitrogen and oxygen atoms in total. The minimum Gasteiger partial charge on any atom is -0.492 e. The Labute approximate surface area is 195 Å². The van der Waals surface area contributed by atoms with Gasteiger partial charge in [-0.05, 0) is 25.0 Å². The summed E-state index contributed by atoms with van der Waals surface area (Å²) in [7, 11) is 0. The lowest BCUT2D eigenvalue weighted by Crippen LogP contribution is -2.39. The molecule has 0 saturated carbocycles. The van der Waals surface area contributed by atoms with E-state index in [-0.39, 0.29) is 24.1 Å². The zero-order valence-corrected chi connectivity index (χ0v) is 18.5. The van der Waals surface area contributed by atoms with Crippen LogP contribution in [0.4, 0.5) is 16.2 Å². The number of benzene rings is 1. The van der Waals surface area contributed by atoms with Gasteiger partial charge in [-0.1, -0.05) is 12.1 Å². The minimum absolute atomic E-state index is 0.00188. The number of fused-ring (bicyclic) bond motifs is 1. The zero-order chi connectivity index (χ0) is 23.5. The van der Waals surface area contributed by atoms with Crippen molar-refractivity contribution in [1.29, 1.82) is 0 Å². The van der Waals surface area contributed by atoms with Crippen molar-refractivity contribution in [3.63, 3.8) is 0 Å². The second-order valence-electron chi connectivity index (χ2n) is 8.22. The van der Waals surface area contributed by atoms with Gasteiger partial charge in [0.2, 0.25) is 5.95 Å². The molecule has 34 heavy (non-hydrogen) atoms. The summed E-state index contributed by atoms with van der Waals surface area (Å²) in [5.41, 5.74) is 8.37. The standard InChI is InChI=1S/C24H25FN6O3/c25-20-14(2-1-3-16(20)23(32)30-15-5-9-33-10-6-15)12-28-22-17-7-11-34-21(17)18(13-29-22)19-4-8-27-24(26)31-19/h1-4,8,13,15H,5-7,9-12H2,(H,28,29)(H,30,32)(H2,26,27,31). The fraction of sp³-hybridized carbons (Fsp3) is 0.333. The first-order valence-electron chi connectivity index (χ1n) is 11.2. The van der Waals surface area contributed by atoms with Gasteiger partial charge in [0, 0.05) is 55.7 Å². The molecule has 10 heteroatoms. The Balaban J connectivity index is 1.33. The van der Waals surface area contributed by atoms with E-state index in [2.05, 4.69) is 25.6 Å². The SMILES string of the molecule is Nc1nccc(-c2cnc(NCc3cccc(C(=O)NC4CCOCC4)c3F)c3c2OCC3)n1. The lowest BCUT2D eigenvalue weighted by molar-refractivity contribution is 0.0694. The Morgan fingerprint density at radius 2 is 2.03 bits per heavy atom. The van der Waals surface area contributed by atoms with Crippen LogP contribution < -0.4 is 21.1 Å². The number of aromatic nitrogens is 3. The van der Waals surface area contributed by atoms with Crippen LogP contribution in [0.5, 0.6) is 5.75 Å². The number of nitrogen functional groups attached to an aromatic ring is 1. The molecule has 3 aromatic rings. The summed E-state index contributed by atoms with van der Waals surface area (Å²) in [6.07, 6.45) is 5.35. The number of anilines is 2. The highest BCUT2D eigenvalue weighted by atomic mass is 19.1. The summed E-state index contributed by atoms with van der Waals surface area (Å²) in [4.78, 5) is 25.4. The molecular formula is C24H25FN6O3. The van der Waals surface area contributed by atoms with Crippen molar-refractivity contribution < 1.29 is 18.7 Å². The van der Waals surface area contributed by atoms with Crippen molar-refractivity contribution in [2.75, 3.05) is 30.9 Å². The molecule has 176 valence electrons. The molecule has 4 heterocycles. The Hall–Kier alpha value is -3.79. The van der Waals surface area contributed by atoms with Gasteiger partial charge in [0.05, 0.1) is 23.4 Å². The highest BCUT2D eigenvalue weighted by molar-refractivity contribution is 5.94. The summed E-state index contributed by atoms with van der Waals surface area (Å²) >= 11 is 0. The monoisotopic (exact) mass is 464 g/mol. The van der Waals surface area contributed by atoms with Gasteiger partial charge in [-0.15, -0.1) is 0 Å². The molecule has 1 saturated heterocycles. The van der Waals surface area contributed by atoms with E-state index in [0.29, 0.717) is 49.1 Å². The predicted molar refractivity (Wildman–Crippen MR) is 124 cm³/mol. The largest absolute Gasteiger partial charge is 0.492 e. The zero-order valence-electron chi connectivity index (χ0n) is 18.5. The number of halogens is 1. The van der Waals surface area contributed by atoms with Crippen LogP contribution in [0.2, 0.25) is 0 Å². The second-order valence-corrected chi connectivity index (χ2v) is 8.22. The van der Waals surface area contributed by atoms with Gasteiger partial charge < -0.3 is 25.8 Å². The Bertz CT molecular complexity index is 1220. The van der Waals surface area contributed by atoms with Crippen molar-refractivity contribution in [3.05, 3.63) is 59.2 Å². The molecule has 0 bridgehead atoms. The van der Waals surface area contributed by atoms with Crippen LogP contribution in [-0.4, -0.2) is 46.7 Å². The molecule has 2 aromatic heterocycles. The number of nitrogens with one attached hydrogen (secondary N) is 2. The molecule has 0 unspecified atom stereocenters. The number of nitrogens with two attached hydrogens (primary N) is 1. The van der Waals surface area contributed by atoms with Crippen molar-refractivity contribution in [2.45, 2.75) is 31.8 Å². The van der Waals surface area contributed by atoms with E-state index < -0.39 is 11.7 Å². The molecule has 2 aliphatic heterocycles. The summed E-state index contributed by atoms with van der Waals surface area (Å²) in [5, 5.41) is 6.11. The topological polar surface area (TPSA) is 124 Å². The average molecular weight is 465 g/mol. The van der Waals surface area contributed by atoms with Crippen molar-refractivity contribution >= 4 is 17.7 Å². The van der Waals surface area contributed by atoms with Crippen molar-refractivity contribution in [1.82, 2.24) is 20.3 Å². The summed E-state index contributed by atoms with van der Waals surface area (Å²) in [5.74, 6) is 0.505. The molecular weight excluding hydrogens is 439 g/mol. The Kier molecular flexibility index (Phi) is 6.22. The molecule has 0 radical (unpaired) electrons. The van der Waals surface area contributed by atoms with Gasteiger partial charge in [0.25, 0.3) is 5.91 Å². The van der Waals surface area contributed by atoms with E-state index in [9.17, 15) is 4.79 Å². The van der Waals surface area contributed by atoms with Crippen molar-refractivity contribution in [3.8, 4) is 17.0 Å². The number of carbonyl (C=O) groups excluding carboxylic acids is 1. The summed E-state index contributed by atoms with van der Waals surface area (Å²) in [6.45, 7) is 1.88. The van der Waals surface area contributed by atoms with Gasteiger partial charge >= 0.3 is 0 Å². The van der Waals surface area contributed by atoms with E-state index in [1.165, 1.54) is 6.07 Å². The molecule has 2 aliphatic rings. The predicted octanol–water partition coefficient (Wildman–Crippen LogP) is 2.72. The minimum atomic E-state index is -0.541. The molecule has 1 amide bonds. The highest BCUT2D eigenvalue weighted by Crippen LogP contribution is 2.39. The maximum atomic E-state index is 15.2. The normalized spacial score (nSPS) is 15.4. The van der Waals surface area contributed by atoms with E-state index in [1.807, 2.05) is 0 Å². The van der Waals surface area contributed by atoms with Gasteiger partial charge in [-0.25, -0.2) is 19.3 Å². The van der Waals surface area contributed by atoms with Gasteiger partial charge in [0.15, 0.2) is 0 Å². The lowest BCUT2D eigenvalue weighted by atomic mass is 10.1. The maximum Gasteiger partial charge on any atom is 0.254 e. The van der Waals surface area contributed by atoms with Gasteiger partial charge in [0.1, 0.15) is 17.4 Å². The number of hydrogen-bond acceptors (Lipinski definition) is 8. The molecule has 1 fully saturated rings. The Morgan fingerprint density at radius 3 is 2.85 bits per heavy atom.